The highest BCUT2D eigenvalue weighted by molar-refractivity contribution is 9.10. The normalized spacial score (nSPS) is 22.0. The Balaban J connectivity index is 1.53. The van der Waals surface area contributed by atoms with Gasteiger partial charge in [0, 0.05) is 42.4 Å². The van der Waals surface area contributed by atoms with Crippen LogP contribution in [0.5, 0.6) is 0 Å². The molecule has 1 fully saturated rings. The number of hydrogen-bond donors (Lipinski definition) is 3. The van der Waals surface area contributed by atoms with Gasteiger partial charge >= 0.3 is 10.3 Å². The Kier molecular flexibility index (Phi) is 8.07. The lowest BCUT2D eigenvalue weighted by atomic mass is 10.1. The van der Waals surface area contributed by atoms with Gasteiger partial charge in [-0.15, -0.1) is 0 Å². The lowest BCUT2D eigenvalue weighted by Crippen LogP contribution is -2.35. The molecule has 1 saturated carbocycles. The Morgan fingerprint density at radius 2 is 2.17 bits per heavy atom. The van der Waals surface area contributed by atoms with Gasteiger partial charge in [0.05, 0.1) is 11.6 Å². The van der Waals surface area contributed by atoms with E-state index < -0.39 is 40.5 Å². The van der Waals surface area contributed by atoms with Crippen molar-refractivity contribution in [1.82, 2.24) is 19.3 Å². The van der Waals surface area contributed by atoms with Crippen LogP contribution in [0.15, 0.2) is 53.5 Å². The number of benzene rings is 1. The fraction of sp³-hybridized carbons (Fsp3) is 0.318. The molecule has 0 radical (unpaired) electrons. The van der Waals surface area contributed by atoms with Gasteiger partial charge in [0.25, 0.3) is 0 Å². The first-order valence-corrected chi connectivity index (χ1v) is 13.3. The molecule has 14 heteroatoms. The van der Waals surface area contributed by atoms with Gasteiger partial charge in [-0.25, -0.2) is 14.4 Å². The maximum Gasteiger partial charge on any atom is 0.335 e. The van der Waals surface area contributed by atoms with Crippen LogP contribution < -0.4 is 10.0 Å². The highest BCUT2D eigenvalue weighted by Gasteiger charge is 2.46. The van der Waals surface area contributed by atoms with Gasteiger partial charge < -0.3 is 15.0 Å². The fourth-order valence-corrected chi connectivity index (χ4v) is 5.19. The zero-order valence-electron chi connectivity index (χ0n) is 18.8. The standard InChI is InChI=1S/C22H22BrClFN5O5S/c1-26-36(33,34)35-17-7-16(19(25)21(17)32)29-22-15(8-27-11-28-22)20(31)13-6-18(24)30(10-13)9-12-3-2-4-14(23)5-12/h2-6,8,10-11,16-17,19,21,26,32H,7,9H2,1H3,(H,27,28,29)/t16-,17-,19-,21-/m1/s1. The zero-order valence-corrected chi connectivity index (χ0v) is 22.0. The van der Waals surface area contributed by atoms with E-state index >= 15 is 0 Å². The van der Waals surface area contributed by atoms with E-state index in [0.29, 0.717) is 11.7 Å². The molecule has 192 valence electrons. The molecule has 0 amide bonds. The monoisotopic (exact) mass is 601 g/mol. The summed E-state index contributed by atoms with van der Waals surface area (Å²) in [7, 11) is -3.01. The van der Waals surface area contributed by atoms with Crippen molar-refractivity contribution in [2.45, 2.75) is 37.4 Å². The Morgan fingerprint density at radius 1 is 1.39 bits per heavy atom. The quantitative estimate of drug-likeness (QED) is 0.318. The summed E-state index contributed by atoms with van der Waals surface area (Å²) in [5, 5.41) is 13.3. The van der Waals surface area contributed by atoms with Crippen molar-refractivity contribution in [2.24, 2.45) is 0 Å². The van der Waals surface area contributed by atoms with Crippen molar-refractivity contribution in [3.8, 4) is 0 Å². The molecule has 0 bridgehead atoms. The minimum Gasteiger partial charge on any atom is -0.387 e. The number of aliphatic hydroxyl groups is 1. The van der Waals surface area contributed by atoms with Gasteiger partial charge in [0.15, 0.2) is 5.78 Å². The van der Waals surface area contributed by atoms with Gasteiger partial charge in [-0.3, -0.25) is 8.98 Å². The van der Waals surface area contributed by atoms with E-state index in [1.165, 1.54) is 18.6 Å². The maximum absolute atomic E-state index is 14.8. The van der Waals surface area contributed by atoms with E-state index in [1.807, 2.05) is 29.0 Å². The first-order valence-electron chi connectivity index (χ1n) is 10.7. The number of nitrogens with zero attached hydrogens (tertiary/aromatic N) is 3. The number of halogens is 3. The van der Waals surface area contributed by atoms with Crippen molar-refractivity contribution >= 4 is 49.4 Å². The molecular weight excluding hydrogens is 581 g/mol. The molecule has 4 atom stereocenters. The van der Waals surface area contributed by atoms with Crippen molar-refractivity contribution in [2.75, 3.05) is 12.4 Å². The fourth-order valence-electron chi connectivity index (χ4n) is 3.91. The van der Waals surface area contributed by atoms with Gasteiger partial charge in [-0.05, 0) is 23.8 Å². The predicted molar refractivity (Wildman–Crippen MR) is 134 cm³/mol. The van der Waals surface area contributed by atoms with E-state index in [4.69, 9.17) is 15.8 Å². The van der Waals surface area contributed by atoms with Crippen molar-refractivity contribution in [3.05, 3.63) is 75.4 Å². The van der Waals surface area contributed by atoms with E-state index in [1.54, 1.807) is 10.8 Å². The summed E-state index contributed by atoms with van der Waals surface area (Å²) in [5.41, 5.74) is 1.30. The van der Waals surface area contributed by atoms with E-state index in [0.717, 1.165) is 17.1 Å². The molecule has 3 aromatic rings. The van der Waals surface area contributed by atoms with Crippen LogP contribution >= 0.6 is 27.5 Å². The Hall–Kier alpha value is -2.42. The second kappa shape index (κ2) is 10.9. The molecule has 0 spiro atoms. The highest BCUT2D eigenvalue weighted by atomic mass is 79.9. The highest BCUT2D eigenvalue weighted by Crippen LogP contribution is 2.30. The molecule has 0 saturated heterocycles. The average Bonchev–Trinajstić information content (AvgIpc) is 3.33. The van der Waals surface area contributed by atoms with Crippen LogP contribution in [0.4, 0.5) is 10.2 Å². The SMILES string of the molecule is CNS(=O)(=O)O[C@@H]1C[C@@H](Nc2ncncc2C(=O)c2cc(Cl)n(Cc3cccc(Br)c3)c2)[C@@H](F)[C@@H]1O. The largest absolute Gasteiger partial charge is 0.387 e. The van der Waals surface area contributed by atoms with Crippen LogP contribution in [0.1, 0.15) is 27.9 Å². The lowest BCUT2D eigenvalue weighted by molar-refractivity contribution is 0.0248. The van der Waals surface area contributed by atoms with Crippen molar-refractivity contribution < 1.29 is 26.9 Å². The zero-order chi connectivity index (χ0) is 26.0. The van der Waals surface area contributed by atoms with Gasteiger partial charge in [0.2, 0.25) is 0 Å². The van der Waals surface area contributed by atoms with E-state index in [9.17, 15) is 22.7 Å². The third kappa shape index (κ3) is 5.93. The summed E-state index contributed by atoms with van der Waals surface area (Å²) in [6, 6.07) is 8.11. The third-order valence-electron chi connectivity index (χ3n) is 5.71. The van der Waals surface area contributed by atoms with Gasteiger partial charge in [0.1, 0.15) is 35.7 Å². The molecule has 1 aliphatic rings. The molecule has 3 N–H and O–H groups in total. The number of aromatic nitrogens is 3. The number of rotatable bonds is 9. The Labute approximate surface area is 220 Å². The molecule has 1 aliphatic carbocycles. The molecule has 0 unspecified atom stereocenters. The number of ketones is 1. The van der Waals surface area contributed by atoms with E-state index in [2.05, 4.69) is 31.2 Å². The number of carbonyl (C=O) groups is 1. The number of nitrogens with one attached hydrogen (secondary N) is 2. The first kappa shape index (κ1) is 26.6. The lowest BCUT2D eigenvalue weighted by Gasteiger charge is -2.17. The summed E-state index contributed by atoms with van der Waals surface area (Å²) < 4.78 is 47.5. The molecule has 0 aliphatic heterocycles. The minimum atomic E-state index is -4.14. The van der Waals surface area contributed by atoms with Crippen molar-refractivity contribution in [3.63, 3.8) is 0 Å². The summed E-state index contributed by atoms with van der Waals surface area (Å²) in [4.78, 5) is 21.3. The van der Waals surface area contributed by atoms with Crippen LogP contribution in [0.3, 0.4) is 0 Å². The molecule has 36 heavy (non-hydrogen) atoms. The Bertz CT molecular complexity index is 1370. The molecular formula is C22H22BrClFN5O5S. The first-order chi connectivity index (χ1) is 17.1. The third-order valence-corrected chi connectivity index (χ3v) is 7.53. The molecule has 4 rings (SSSR count). The Morgan fingerprint density at radius 3 is 2.89 bits per heavy atom. The number of aliphatic hydroxyl groups excluding tert-OH is 1. The number of hydrogen-bond acceptors (Lipinski definition) is 8. The second-order valence-corrected chi connectivity index (χ2v) is 10.9. The van der Waals surface area contributed by atoms with Crippen LogP contribution in [-0.2, 0) is 21.0 Å². The average molecular weight is 603 g/mol. The maximum atomic E-state index is 14.8. The number of anilines is 1. The summed E-state index contributed by atoms with van der Waals surface area (Å²) >= 11 is 9.79. The number of carbonyl (C=O) groups excluding carboxylic acids is 1. The van der Waals surface area contributed by atoms with Crippen molar-refractivity contribution in [1.29, 1.82) is 0 Å². The van der Waals surface area contributed by atoms with Gasteiger partial charge in [-0.2, -0.15) is 13.1 Å². The molecule has 2 heterocycles. The topological polar surface area (TPSA) is 135 Å². The minimum absolute atomic E-state index is 0.0304. The van der Waals surface area contributed by atoms with Crippen LogP contribution in [0.2, 0.25) is 5.15 Å². The smallest absolute Gasteiger partial charge is 0.335 e. The van der Waals surface area contributed by atoms with Crippen LogP contribution in [0.25, 0.3) is 0 Å². The summed E-state index contributed by atoms with van der Waals surface area (Å²) in [5.74, 6) is -0.421. The second-order valence-electron chi connectivity index (χ2n) is 8.14. The summed E-state index contributed by atoms with van der Waals surface area (Å²) in [6.45, 7) is 0.433. The predicted octanol–water partition coefficient (Wildman–Crippen LogP) is 2.71. The van der Waals surface area contributed by atoms with E-state index in [-0.39, 0.29) is 23.4 Å². The van der Waals surface area contributed by atoms with Crippen LogP contribution in [0, 0.1) is 0 Å². The summed E-state index contributed by atoms with van der Waals surface area (Å²) in [6.07, 6.45) is -1.00. The van der Waals surface area contributed by atoms with Gasteiger partial charge in [-0.1, -0.05) is 39.7 Å². The van der Waals surface area contributed by atoms with Crippen LogP contribution in [-0.4, -0.2) is 65.3 Å². The number of alkyl halides is 1. The molecule has 1 aromatic carbocycles. The molecule has 2 aromatic heterocycles. The molecule has 10 nitrogen and oxygen atoms in total.